The summed E-state index contributed by atoms with van der Waals surface area (Å²) in [7, 11) is 1.30. The number of amides is 2. The molecule has 0 spiro atoms. The summed E-state index contributed by atoms with van der Waals surface area (Å²) in [5, 5.41) is 3.08. The number of likely N-dealkylation sites (tertiary alicyclic amines) is 2. The number of rotatable bonds is 5. The second kappa shape index (κ2) is 11.5. The van der Waals surface area contributed by atoms with Gasteiger partial charge in [0.2, 0.25) is 0 Å². The molecule has 10 nitrogen and oxygen atoms in total. The summed E-state index contributed by atoms with van der Waals surface area (Å²) in [6, 6.07) is 7.22. The minimum atomic E-state index is -0.907. The van der Waals surface area contributed by atoms with Crippen LogP contribution in [-0.2, 0) is 9.53 Å². The van der Waals surface area contributed by atoms with Crippen molar-refractivity contribution in [1.82, 2.24) is 29.7 Å². The number of pyridine rings is 1. The molecule has 0 radical (unpaired) electrons. The largest absolute Gasteiger partial charge is 0.468 e. The van der Waals surface area contributed by atoms with E-state index in [1.165, 1.54) is 13.2 Å². The molecule has 2 N–H and O–H groups in total. The summed E-state index contributed by atoms with van der Waals surface area (Å²) in [4.78, 5) is 48.3. The van der Waals surface area contributed by atoms with Gasteiger partial charge in [0.25, 0.3) is 0 Å². The van der Waals surface area contributed by atoms with Crippen molar-refractivity contribution >= 4 is 23.2 Å². The number of aromatic nitrogens is 3. The number of carbonyl (C=O) groups excluding carboxylic acids is 2. The Balaban J connectivity index is 1.23. The van der Waals surface area contributed by atoms with Crippen molar-refractivity contribution in [2.75, 3.05) is 39.8 Å². The van der Waals surface area contributed by atoms with Crippen molar-refractivity contribution < 1.29 is 23.1 Å². The van der Waals surface area contributed by atoms with Gasteiger partial charge >= 0.3 is 17.7 Å². The number of ether oxygens (including phenoxy) is 1. The summed E-state index contributed by atoms with van der Waals surface area (Å²) in [6.07, 6.45) is 3.93. The van der Waals surface area contributed by atoms with Gasteiger partial charge in [-0.2, -0.15) is 0 Å². The van der Waals surface area contributed by atoms with Gasteiger partial charge in [0.05, 0.1) is 19.2 Å². The van der Waals surface area contributed by atoms with Gasteiger partial charge in [-0.3, -0.25) is 19.2 Å². The van der Waals surface area contributed by atoms with Gasteiger partial charge in [0.1, 0.15) is 0 Å². The van der Waals surface area contributed by atoms with Crippen LogP contribution in [0.4, 0.5) is 13.6 Å². The van der Waals surface area contributed by atoms with Crippen molar-refractivity contribution in [3.8, 4) is 0 Å². The monoisotopic (exact) mass is 542 g/mol. The lowest BCUT2D eigenvalue weighted by Crippen LogP contribution is -2.51. The van der Waals surface area contributed by atoms with Crippen molar-refractivity contribution in [3.05, 3.63) is 64.2 Å². The smallest absolute Gasteiger partial charge is 0.327 e. The number of piperidine rings is 1. The average molecular weight is 543 g/mol. The van der Waals surface area contributed by atoms with Crippen LogP contribution < -0.4 is 11.0 Å². The number of hydrogen-bond acceptors (Lipinski definition) is 6. The molecule has 12 heteroatoms. The molecule has 1 aromatic carbocycles. The minimum Gasteiger partial charge on any atom is -0.468 e. The highest BCUT2D eigenvalue weighted by Gasteiger charge is 2.31. The van der Waals surface area contributed by atoms with Crippen molar-refractivity contribution in [2.24, 2.45) is 0 Å². The van der Waals surface area contributed by atoms with Crippen LogP contribution in [0, 0.1) is 11.6 Å². The molecule has 4 heterocycles. The van der Waals surface area contributed by atoms with Crippen LogP contribution in [0.3, 0.4) is 0 Å². The van der Waals surface area contributed by atoms with E-state index >= 15 is 0 Å². The highest BCUT2D eigenvalue weighted by Crippen LogP contribution is 2.30. The van der Waals surface area contributed by atoms with E-state index in [1.54, 1.807) is 27.8 Å². The third kappa shape index (κ3) is 5.80. The SMILES string of the molecule is COC(=O)CN1CC(NC(=O)N2CCC(n3c(=O)[nH]c4ncccc43)CC2)CCC(c2cccc(F)c2F)C1. The van der Waals surface area contributed by atoms with Crippen molar-refractivity contribution in [3.63, 3.8) is 0 Å². The van der Waals surface area contributed by atoms with E-state index < -0.39 is 17.6 Å². The lowest BCUT2D eigenvalue weighted by Gasteiger charge is -2.34. The second-order valence-electron chi connectivity index (χ2n) is 10.2. The zero-order valence-electron chi connectivity index (χ0n) is 21.7. The molecule has 208 valence electrons. The molecule has 5 rings (SSSR count). The molecule has 2 atom stereocenters. The molecular formula is C27H32F2N6O4. The van der Waals surface area contributed by atoms with E-state index in [9.17, 15) is 23.2 Å². The Morgan fingerprint density at radius 2 is 1.90 bits per heavy atom. The Labute approximate surface area is 223 Å². The van der Waals surface area contributed by atoms with Gasteiger partial charge in [0, 0.05) is 44.5 Å². The zero-order valence-corrected chi connectivity index (χ0v) is 21.7. The predicted octanol–water partition coefficient (Wildman–Crippen LogP) is 2.77. The molecule has 2 aliphatic rings. The Hall–Kier alpha value is -3.80. The van der Waals surface area contributed by atoms with Crippen LogP contribution in [0.25, 0.3) is 11.2 Å². The fourth-order valence-electron chi connectivity index (χ4n) is 5.78. The molecule has 2 fully saturated rings. The molecule has 2 saturated heterocycles. The first-order chi connectivity index (χ1) is 18.8. The third-order valence-electron chi connectivity index (χ3n) is 7.76. The fourth-order valence-corrected chi connectivity index (χ4v) is 5.78. The maximum atomic E-state index is 14.6. The van der Waals surface area contributed by atoms with E-state index in [4.69, 9.17) is 4.74 Å². The summed E-state index contributed by atoms with van der Waals surface area (Å²) in [5.41, 5.74) is 1.35. The fraction of sp³-hybridized carbons (Fsp3) is 0.481. The van der Waals surface area contributed by atoms with E-state index in [1.807, 2.05) is 11.0 Å². The van der Waals surface area contributed by atoms with Crippen molar-refractivity contribution in [2.45, 2.75) is 43.7 Å². The van der Waals surface area contributed by atoms with E-state index in [-0.39, 0.29) is 41.8 Å². The number of methoxy groups -OCH3 is 1. The minimum absolute atomic E-state index is 0.0179. The number of esters is 1. The van der Waals surface area contributed by atoms with E-state index in [0.29, 0.717) is 57.5 Å². The molecule has 2 unspecified atom stereocenters. The number of hydrogen-bond donors (Lipinski definition) is 2. The zero-order chi connectivity index (χ0) is 27.5. The number of imidazole rings is 1. The molecule has 0 aliphatic carbocycles. The number of urea groups is 1. The van der Waals surface area contributed by atoms with Crippen LogP contribution >= 0.6 is 0 Å². The Kier molecular flexibility index (Phi) is 7.92. The van der Waals surface area contributed by atoms with Gasteiger partial charge < -0.3 is 15.0 Å². The summed E-state index contributed by atoms with van der Waals surface area (Å²) < 4.78 is 35.0. The standard InChI is InChI=1S/C27H32F2N6O4/c1-39-23(36)16-33-14-17(20-4-2-5-21(28)24(20)29)7-8-18(15-33)31-26(37)34-12-9-19(10-13-34)35-22-6-3-11-30-25(22)32-27(35)38/h2-6,11,17-19H,7-10,12-16H2,1H3,(H,31,37)(H,30,32,38). The van der Waals surface area contributed by atoms with Crippen LogP contribution in [0.5, 0.6) is 0 Å². The highest BCUT2D eigenvalue weighted by molar-refractivity contribution is 5.75. The molecule has 0 bridgehead atoms. The first-order valence-corrected chi connectivity index (χ1v) is 13.2. The number of carbonyl (C=O) groups is 2. The van der Waals surface area contributed by atoms with Gasteiger partial charge in [-0.15, -0.1) is 0 Å². The molecule has 0 saturated carbocycles. The average Bonchev–Trinajstić information content (AvgIpc) is 3.15. The van der Waals surface area contributed by atoms with E-state index in [0.717, 1.165) is 11.6 Å². The number of aromatic amines is 1. The van der Waals surface area contributed by atoms with Crippen molar-refractivity contribution in [1.29, 1.82) is 0 Å². The lowest BCUT2D eigenvalue weighted by molar-refractivity contribution is -0.142. The van der Waals surface area contributed by atoms with Gasteiger partial charge in [-0.05, 0) is 55.4 Å². The number of nitrogens with zero attached hydrogens (tertiary/aromatic N) is 4. The maximum absolute atomic E-state index is 14.6. The number of H-pyrrole nitrogens is 1. The van der Waals surface area contributed by atoms with Gasteiger partial charge in [-0.1, -0.05) is 12.1 Å². The molecule has 2 aliphatic heterocycles. The van der Waals surface area contributed by atoms with Crippen LogP contribution in [0.1, 0.15) is 43.2 Å². The summed E-state index contributed by atoms with van der Waals surface area (Å²) in [5.74, 6) is -2.57. The molecular weight excluding hydrogens is 510 g/mol. The second-order valence-corrected chi connectivity index (χ2v) is 10.2. The first kappa shape index (κ1) is 26.8. The summed E-state index contributed by atoms with van der Waals surface area (Å²) >= 11 is 0. The normalized spacial score (nSPS) is 21.1. The van der Waals surface area contributed by atoms with Crippen LogP contribution in [-0.4, -0.2) is 82.2 Å². The number of nitrogens with one attached hydrogen (secondary N) is 2. The summed E-state index contributed by atoms with van der Waals surface area (Å²) in [6.45, 7) is 1.65. The van der Waals surface area contributed by atoms with E-state index in [2.05, 4.69) is 15.3 Å². The number of benzene rings is 1. The molecule has 2 amide bonds. The Morgan fingerprint density at radius 3 is 2.67 bits per heavy atom. The van der Waals surface area contributed by atoms with Crippen LogP contribution in [0.15, 0.2) is 41.3 Å². The van der Waals surface area contributed by atoms with Crippen LogP contribution in [0.2, 0.25) is 0 Å². The van der Waals surface area contributed by atoms with Gasteiger partial charge in [0.15, 0.2) is 17.3 Å². The quantitative estimate of drug-likeness (QED) is 0.480. The van der Waals surface area contributed by atoms with Gasteiger partial charge in [-0.25, -0.2) is 23.4 Å². The number of halogens is 2. The maximum Gasteiger partial charge on any atom is 0.327 e. The Bertz CT molecular complexity index is 1400. The molecule has 2 aromatic heterocycles. The number of fused-ring (bicyclic) bond motifs is 1. The highest BCUT2D eigenvalue weighted by atomic mass is 19.2. The lowest BCUT2D eigenvalue weighted by atomic mass is 9.93. The Morgan fingerprint density at radius 1 is 1.10 bits per heavy atom. The molecule has 3 aromatic rings. The molecule has 39 heavy (non-hydrogen) atoms. The third-order valence-corrected chi connectivity index (χ3v) is 7.76. The predicted molar refractivity (Wildman–Crippen MR) is 139 cm³/mol. The topological polar surface area (TPSA) is 113 Å². The first-order valence-electron chi connectivity index (χ1n) is 13.2.